The Bertz CT molecular complexity index is 719. The van der Waals surface area contributed by atoms with E-state index in [2.05, 4.69) is 21.2 Å². The molecule has 5 nitrogen and oxygen atoms in total. The second-order valence-corrected chi connectivity index (χ2v) is 5.69. The minimum Gasteiger partial charge on any atom is -0.493 e. The third-order valence-corrected chi connectivity index (χ3v) is 3.98. The quantitative estimate of drug-likeness (QED) is 0.749. The smallest absolute Gasteiger partial charge is 0.262 e. The first-order valence-electron chi connectivity index (χ1n) is 6.55. The number of nitrogens with one attached hydrogen (secondary N) is 1. The fourth-order valence-corrected chi connectivity index (χ4v) is 2.47. The number of carbonyl (C=O) groups excluding carboxylic acids is 2. The number of rotatable bonds is 6. The molecule has 0 aliphatic carbocycles. The summed E-state index contributed by atoms with van der Waals surface area (Å²) in [6.07, 6.45) is 0.685. The SMILES string of the molecule is COc1ccc(C=O)c(Br)c1OCC(=O)Nc1ccc(Cl)cc1. The van der Waals surface area contributed by atoms with Crippen LogP contribution in [-0.2, 0) is 4.79 Å². The van der Waals surface area contributed by atoms with E-state index in [-0.39, 0.29) is 12.5 Å². The molecule has 0 aliphatic rings. The zero-order valence-corrected chi connectivity index (χ0v) is 14.5. The summed E-state index contributed by atoms with van der Waals surface area (Å²) >= 11 is 9.06. The number of halogens is 2. The summed E-state index contributed by atoms with van der Waals surface area (Å²) in [6.45, 7) is -0.236. The lowest BCUT2D eigenvalue weighted by Crippen LogP contribution is -2.20. The largest absolute Gasteiger partial charge is 0.493 e. The van der Waals surface area contributed by atoms with E-state index >= 15 is 0 Å². The van der Waals surface area contributed by atoms with E-state index in [4.69, 9.17) is 21.1 Å². The zero-order valence-electron chi connectivity index (χ0n) is 12.1. The first-order valence-corrected chi connectivity index (χ1v) is 7.72. The summed E-state index contributed by atoms with van der Waals surface area (Å²) in [5.41, 5.74) is 1.01. The van der Waals surface area contributed by atoms with Gasteiger partial charge in [0, 0.05) is 16.3 Å². The summed E-state index contributed by atoms with van der Waals surface area (Å²) in [6, 6.07) is 9.90. The highest BCUT2D eigenvalue weighted by Crippen LogP contribution is 2.37. The predicted octanol–water partition coefficient (Wildman–Crippen LogP) is 3.94. The van der Waals surface area contributed by atoms with Gasteiger partial charge < -0.3 is 14.8 Å². The fraction of sp³-hybridized carbons (Fsp3) is 0.125. The van der Waals surface area contributed by atoms with E-state index in [0.29, 0.717) is 38.5 Å². The minimum absolute atomic E-state index is 0.236. The van der Waals surface area contributed by atoms with Gasteiger partial charge in [-0.15, -0.1) is 0 Å². The summed E-state index contributed by atoms with van der Waals surface area (Å²) < 4.78 is 11.1. The van der Waals surface area contributed by atoms with Gasteiger partial charge in [0.25, 0.3) is 5.91 Å². The maximum Gasteiger partial charge on any atom is 0.262 e. The molecule has 7 heteroatoms. The van der Waals surface area contributed by atoms with Crippen LogP contribution >= 0.6 is 27.5 Å². The number of methoxy groups -OCH3 is 1. The van der Waals surface area contributed by atoms with Crippen molar-refractivity contribution in [1.82, 2.24) is 0 Å². The molecule has 23 heavy (non-hydrogen) atoms. The summed E-state index contributed by atoms with van der Waals surface area (Å²) in [7, 11) is 1.48. The van der Waals surface area contributed by atoms with Crippen LogP contribution in [0.4, 0.5) is 5.69 Å². The van der Waals surface area contributed by atoms with Crippen molar-refractivity contribution >= 4 is 45.4 Å². The Labute approximate surface area is 146 Å². The second-order valence-electron chi connectivity index (χ2n) is 4.46. The van der Waals surface area contributed by atoms with Gasteiger partial charge in [-0.3, -0.25) is 9.59 Å². The van der Waals surface area contributed by atoms with Crippen molar-refractivity contribution in [1.29, 1.82) is 0 Å². The van der Waals surface area contributed by atoms with Crippen LogP contribution in [0.1, 0.15) is 10.4 Å². The number of aldehydes is 1. The number of amides is 1. The first kappa shape index (κ1) is 17.3. The lowest BCUT2D eigenvalue weighted by molar-refractivity contribution is -0.118. The molecule has 2 aromatic rings. The van der Waals surface area contributed by atoms with Crippen molar-refractivity contribution in [2.24, 2.45) is 0 Å². The molecule has 0 unspecified atom stereocenters. The molecule has 120 valence electrons. The topological polar surface area (TPSA) is 64.6 Å². The molecule has 0 aliphatic heterocycles. The van der Waals surface area contributed by atoms with E-state index in [1.807, 2.05) is 0 Å². The molecule has 2 aromatic carbocycles. The Balaban J connectivity index is 2.06. The van der Waals surface area contributed by atoms with Crippen molar-refractivity contribution in [3.8, 4) is 11.5 Å². The Morgan fingerprint density at radius 2 is 1.96 bits per heavy atom. The highest BCUT2D eigenvalue weighted by atomic mass is 79.9. The molecular formula is C16H13BrClNO4. The van der Waals surface area contributed by atoms with E-state index in [1.165, 1.54) is 7.11 Å². The molecule has 1 N–H and O–H groups in total. The third-order valence-electron chi connectivity index (χ3n) is 2.91. The van der Waals surface area contributed by atoms with Crippen molar-refractivity contribution in [3.63, 3.8) is 0 Å². The summed E-state index contributed by atoms with van der Waals surface area (Å²) in [5.74, 6) is 0.364. The van der Waals surface area contributed by atoms with Gasteiger partial charge in [-0.1, -0.05) is 11.6 Å². The normalized spacial score (nSPS) is 10.0. The number of hydrogen-bond acceptors (Lipinski definition) is 4. The number of carbonyl (C=O) groups is 2. The zero-order chi connectivity index (χ0) is 16.8. The van der Waals surface area contributed by atoms with Gasteiger partial charge >= 0.3 is 0 Å². The Morgan fingerprint density at radius 3 is 2.57 bits per heavy atom. The predicted molar refractivity (Wildman–Crippen MR) is 91.7 cm³/mol. The van der Waals surface area contributed by atoms with Gasteiger partial charge in [0.15, 0.2) is 24.4 Å². The van der Waals surface area contributed by atoms with E-state index in [0.717, 1.165) is 0 Å². The monoisotopic (exact) mass is 397 g/mol. The molecule has 0 aromatic heterocycles. The van der Waals surface area contributed by atoms with Gasteiger partial charge in [-0.05, 0) is 52.3 Å². The number of hydrogen-bond donors (Lipinski definition) is 1. The summed E-state index contributed by atoms with van der Waals surface area (Å²) in [5, 5.41) is 3.26. The van der Waals surface area contributed by atoms with Crippen LogP contribution in [0.3, 0.4) is 0 Å². The third kappa shape index (κ3) is 4.46. The van der Waals surface area contributed by atoms with Crippen molar-refractivity contribution in [2.45, 2.75) is 0 Å². The van der Waals surface area contributed by atoms with E-state index in [1.54, 1.807) is 36.4 Å². The van der Waals surface area contributed by atoms with Gasteiger partial charge in [-0.25, -0.2) is 0 Å². The first-order chi connectivity index (χ1) is 11.0. The van der Waals surface area contributed by atoms with Crippen LogP contribution in [0.25, 0.3) is 0 Å². The second kappa shape index (κ2) is 7.99. The van der Waals surface area contributed by atoms with Crippen LogP contribution in [0.5, 0.6) is 11.5 Å². The van der Waals surface area contributed by atoms with Crippen molar-refractivity contribution < 1.29 is 19.1 Å². The van der Waals surface area contributed by atoms with Crippen LogP contribution < -0.4 is 14.8 Å². The van der Waals surface area contributed by atoms with E-state index in [9.17, 15) is 9.59 Å². The molecule has 0 atom stereocenters. The molecule has 0 spiro atoms. The van der Waals surface area contributed by atoms with Gasteiger partial charge in [-0.2, -0.15) is 0 Å². The molecule has 0 saturated carbocycles. The standard InChI is InChI=1S/C16H13BrClNO4/c1-22-13-7-2-10(8-20)15(17)16(13)23-9-14(21)19-12-5-3-11(18)4-6-12/h2-8H,9H2,1H3,(H,19,21). The Hall–Kier alpha value is -2.05. The maximum atomic E-state index is 11.9. The van der Waals surface area contributed by atoms with E-state index < -0.39 is 0 Å². The molecule has 0 radical (unpaired) electrons. The molecule has 0 bridgehead atoms. The van der Waals surface area contributed by atoms with Crippen LogP contribution in [0, 0.1) is 0 Å². The number of anilines is 1. The molecule has 0 fully saturated rings. The minimum atomic E-state index is -0.349. The molecule has 0 saturated heterocycles. The lowest BCUT2D eigenvalue weighted by Gasteiger charge is -2.13. The number of ether oxygens (including phenoxy) is 2. The van der Waals surface area contributed by atoms with Gasteiger partial charge in [0.05, 0.1) is 11.6 Å². The van der Waals surface area contributed by atoms with Crippen molar-refractivity contribution in [2.75, 3.05) is 19.0 Å². The Kier molecular flexibility index (Phi) is 6.01. The molecule has 0 heterocycles. The van der Waals surface area contributed by atoms with Crippen LogP contribution in [-0.4, -0.2) is 25.9 Å². The van der Waals surface area contributed by atoms with Crippen LogP contribution in [0.2, 0.25) is 5.02 Å². The highest BCUT2D eigenvalue weighted by Gasteiger charge is 2.15. The number of benzene rings is 2. The van der Waals surface area contributed by atoms with Gasteiger partial charge in [0.1, 0.15) is 0 Å². The molecule has 2 rings (SSSR count). The van der Waals surface area contributed by atoms with Gasteiger partial charge in [0.2, 0.25) is 0 Å². The molecule has 1 amide bonds. The van der Waals surface area contributed by atoms with Crippen LogP contribution in [0.15, 0.2) is 40.9 Å². The maximum absolute atomic E-state index is 11.9. The average Bonchev–Trinajstić information content (AvgIpc) is 2.55. The summed E-state index contributed by atoms with van der Waals surface area (Å²) in [4.78, 5) is 22.9. The fourth-order valence-electron chi connectivity index (χ4n) is 1.81. The lowest BCUT2D eigenvalue weighted by atomic mass is 10.2. The Morgan fingerprint density at radius 1 is 1.26 bits per heavy atom. The van der Waals surface area contributed by atoms with Crippen molar-refractivity contribution in [3.05, 3.63) is 51.5 Å². The molecular weight excluding hydrogens is 386 g/mol. The average molecular weight is 399 g/mol. The highest BCUT2D eigenvalue weighted by molar-refractivity contribution is 9.10.